The van der Waals surface area contributed by atoms with Crippen molar-refractivity contribution in [3.63, 3.8) is 0 Å². The summed E-state index contributed by atoms with van der Waals surface area (Å²) >= 11 is 0. The van der Waals surface area contributed by atoms with Crippen LogP contribution in [0.3, 0.4) is 0 Å². The van der Waals surface area contributed by atoms with Crippen molar-refractivity contribution >= 4 is 5.97 Å². The Bertz CT molecular complexity index is 1000. The molecule has 0 unspecified atom stereocenters. The molecule has 1 aliphatic heterocycles. The summed E-state index contributed by atoms with van der Waals surface area (Å²) in [5.74, 6) is 0.677. The van der Waals surface area contributed by atoms with Gasteiger partial charge >= 0.3 is 5.97 Å². The Balaban J connectivity index is 2.00. The zero-order chi connectivity index (χ0) is 27.0. The first kappa shape index (κ1) is 29.7. The number of hydrogen-bond acceptors (Lipinski definition) is 6. The largest absolute Gasteiger partial charge is 0.507 e. The lowest BCUT2D eigenvalue weighted by atomic mass is 9.98. The molecule has 2 N–H and O–H groups in total. The first-order valence-corrected chi connectivity index (χ1v) is 12.7. The minimum absolute atomic E-state index is 0.0475. The van der Waals surface area contributed by atoms with Gasteiger partial charge in [-0.3, -0.25) is 4.79 Å². The number of carbonyl (C=O) groups excluding carboxylic acids is 1. The summed E-state index contributed by atoms with van der Waals surface area (Å²) < 4.78 is 16.9. The molecule has 200 valence electrons. The van der Waals surface area contributed by atoms with Gasteiger partial charge < -0.3 is 24.4 Å². The fourth-order valence-corrected chi connectivity index (χ4v) is 4.44. The standard InChI is InChI=1S/C30H44O6/c1-19(10-9-11-21(3)27-18-28(32)30(6,7)36-27)14-26(35-23(5)31)15-20(2)12-13-24-17-25(34-8)16-22(4)29(24)33/h11-12,14,16-17,26-28,32-33H,9-10,13,15,18H2,1-8H3/b19-14+,20-12+,21-11+/t26-,27-,28-/m0/s1. The molecule has 1 aliphatic rings. The van der Waals surface area contributed by atoms with E-state index in [-0.39, 0.29) is 23.9 Å². The SMILES string of the molecule is COc1cc(C)c(O)c(C/C=C(\C)C[C@H](/C=C(\C)CC/C=C(\C)[C@@H]2C[C@H](O)C(C)(C)O2)OC(C)=O)c1. The first-order chi connectivity index (χ1) is 16.8. The molecule has 0 amide bonds. The third-order valence-electron chi connectivity index (χ3n) is 6.77. The number of allylic oxidation sites excluding steroid dienone is 3. The Morgan fingerprint density at radius 2 is 1.89 bits per heavy atom. The number of benzene rings is 1. The van der Waals surface area contributed by atoms with E-state index < -0.39 is 11.7 Å². The molecule has 1 aromatic rings. The number of methoxy groups -OCH3 is 1. The molecule has 1 aromatic carbocycles. The molecule has 0 aromatic heterocycles. The Morgan fingerprint density at radius 1 is 1.19 bits per heavy atom. The minimum Gasteiger partial charge on any atom is -0.507 e. The number of rotatable bonds is 11. The molecule has 0 aliphatic carbocycles. The van der Waals surface area contributed by atoms with E-state index >= 15 is 0 Å². The van der Waals surface area contributed by atoms with Gasteiger partial charge in [-0.15, -0.1) is 0 Å². The van der Waals surface area contributed by atoms with E-state index in [4.69, 9.17) is 14.2 Å². The molecule has 0 spiro atoms. The lowest BCUT2D eigenvalue weighted by Gasteiger charge is -2.22. The van der Waals surface area contributed by atoms with Crippen LogP contribution in [0.25, 0.3) is 0 Å². The van der Waals surface area contributed by atoms with E-state index in [1.54, 1.807) is 13.2 Å². The van der Waals surface area contributed by atoms with Gasteiger partial charge in [0.2, 0.25) is 0 Å². The molecule has 0 radical (unpaired) electrons. The monoisotopic (exact) mass is 500 g/mol. The Hall–Kier alpha value is -2.57. The second-order valence-corrected chi connectivity index (χ2v) is 10.5. The third-order valence-corrected chi connectivity index (χ3v) is 6.77. The summed E-state index contributed by atoms with van der Waals surface area (Å²) in [5, 5.41) is 20.6. The van der Waals surface area contributed by atoms with E-state index in [1.165, 1.54) is 6.92 Å². The van der Waals surface area contributed by atoms with Crippen molar-refractivity contribution in [3.05, 3.63) is 58.2 Å². The number of aliphatic hydroxyl groups excluding tert-OH is 1. The number of ether oxygens (including phenoxy) is 3. The highest BCUT2D eigenvalue weighted by Crippen LogP contribution is 2.33. The van der Waals surface area contributed by atoms with Crippen LogP contribution in [0.1, 0.15) is 78.4 Å². The molecule has 2 rings (SSSR count). The van der Waals surface area contributed by atoms with Crippen LogP contribution in [0.2, 0.25) is 0 Å². The summed E-state index contributed by atoms with van der Waals surface area (Å²) in [7, 11) is 1.61. The summed E-state index contributed by atoms with van der Waals surface area (Å²) in [5.41, 5.74) is 4.41. The molecule has 6 nitrogen and oxygen atoms in total. The van der Waals surface area contributed by atoms with E-state index in [9.17, 15) is 15.0 Å². The smallest absolute Gasteiger partial charge is 0.303 e. The Kier molecular flexibility index (Phi) is 10.8. The molecular formula is C30H44O6. The van der Waals surface area contributed by atoms with Crippen molar-refractivity contribution in [2.45, 2.75) is 104 Å². The van der Waals surface area contributed by atoms with E-state index in [1.807, 2.05) is 39.8 Å². The van der Waals surface area contributed by atoms with E-state index in [0.717, 1.165) is 40.7 Å². The van der Waals surface area contributed by atoms with Gasteiger partial charge in [0.25, 0.3) is 0 Å². The van der Waals surface area contributed by atoms with E-state index in [0.29, 0.717) is 25.0 Å². The van der Waals surface area contributed by atoms with Crippen molar-refractivity contribution in [1.82, 2.24) is 0 Å². The first-order valence-electron chi connectivity index (χ1n) is 12.7. The van der Waals surface area contributed by atoms with Gasteiger partial charge in [-0.2, -0.15) is 0 Å². The van der Waals surface area contributed by atoms with Crippen LogP contribution in [0.15, 0.2) is 47.1 Å². The molecular weight excluding hydrogens is 456 g/mol. The van der Waals surface area contributed by atoms with Crippen LogP contribution in [0.4, 0.5) is 0 Å². The maximum atomic E-state index is 11.7. The van der Waals surface area contributed by atoms with E-state index in [2.05, 4.69) is 26.0 Å². The van der Waals surface area contributed by atoms with Gasteiger partial charge in [0, 0.05) is 25.3 Å². The van der Waals surface area contributed by atoms with Gasteiger partial charge in [0.1, 0.15) is 17.6 Å². The van der Waals surface area contributed by atoms with Crippen LogP contribution in [-0.4, -0.2) is 47.2 Å². The number of aromatic hydroxyl groups is 1. The quantitative estimate of drug-likeness (QED) is 0.281. The summed E-state index contributed by atoms with van der Waals surface area (Å²) in [6, 6.07) is 3.65. The van der Waals surface area contributed by atoms with Crippen molar-refractivity contribution in [2.75, 3.05) is 7.11 Å². The number of phenols is 1. The summed E-state index contributed by atoms with van der Waals surface area (Å²) in [4.78, 5) is 11.7. The van der Waals surface area contributed by atoms with Gasteiger partial charge in [-0.25, -0.2) is 0 Å². The van der Waals surface area contributed by atoms with Gasteiger partial charge in [-0.05, 0) is 90.2 Å². The molecule has 1 fully saturated rings. The topological polar surface area (TPSA) is 85.2 Å². The normalized spacial score (nSPS) is 21.4. The minimum atomic E-state index is -0.512. The maximum absolute atomic E-state index is 11.7. The van der Waals surface area contributed by atoms with Gasteiger partial charge in [-0.1, -0.05) is 23.3 Å². The highest BCUT2D eigenvalue weighted by molar-refractivity contribution is 5.66. The Morgan fingerprint density at radius 3 is 2.47 bits per heavy atom. The van der Waals surface area contributed by atoms with Crippen molar-refractivity contribution in [3.8, 4) is 11.5 Å². The van der Waals surface area contributed by atoms with Crippen molar-refractivity contribution in [1.29, 1.82) is 0 Å². The van der Waals surface area contributed by atoms with Gasteiger partial charge in [0.15, 0.2) is 0 Å². The molecule has 0 bridgehead atoms. The molecule has 1 heterocycles. The van der Waals surface area contributed by atoms with Crippen LogP contribution >= 0.6 is 0 Å². The zero-order valence-corrected chi connectivity index (χ0v) is 23.2. The Labute approximate surface area is 216 Å². The number of phenolic OH excluding ortho intramolecular Hbond substituents is 1. The molecule has 1 saturated heterocycles. The fourth-order valence-electron chi connectivity index (χ4n) is 4.44. The average molecular weight is 501 g/mol. The lowest BCUT2D eigenvalue weighted by Crippen LogP contribution is -2.31. The molecule has 36 heavy (non-hydrogen) atoms. The second kappa shape index (κ2) is 13.1. The molecule has 0 saturated carbocycles. The lowest BCUT2D eigenvalue weighted by molar-refractivity contribution is -0.144. The second-order valence-electron chi connectivity index (χ2n) is 10.5. The van der Waals surface area contributed by atoms with Crippen LogP contribution in [0, 0.1) is 6.92 Å². The third kappa shape index (κ3) is 8.82. The molecule has 6 heteroatoms. The fraction of sp³-hybridized carbons (Fsp3) is 0.567. The summed E-state index contributed by atoms with van der Waals surface area (Å²) in [6.07, 6.45) is 8.85. The number of aryl methyl sites for hydroxylation is 1. The highest BCUT2D eigenvalue weighted by atomic mass is 16.5. The van der Waals surface area contributed by atoms with Crippen LogP contribution in [0.5, 0.6) is 11.5 Å². The van der Waals surface area contributed by atoms with Crippen molar-refractivity contribution in [2.24, 2.45) is 0 Å². The predicted molar refractivity (Wildman–Crippen MR) is 143 cm³/mol. The van der Waals surface area contributed by atoms with Crippen molar-refractivity contribution < 1.29 is 29.2 Å². The van der Waals surface area contributed by atoms with Crippen LogP contribution < -0.4 is 4.74 Å². The number of carbonyl (C=O) groups is 1. The predicted octanol–water partition coefficient (Wildman–Crippen LogP) is 6.12. The highest BCUT2D eigenvalue weighted by Gasteiger charge is 2.40. The molecule has 3 atom stereocenters. The van der Waals surface area contributed by atoms with Crippen LogP contribution in [-0.2, 0) is 20.7 Å². The van der Waals surface area contributed by atoms with Gasteiger partial charge in [0.05, 0.1) is 24.9 Å². The number of hydrogen-bond donors (Lipinski definition) is 2. The maximum Gasteiger partial charge on any atom is 0.303 e. The summed E-state index contributed by atoms with van der Waals surface area (Å²) in [6.45, 7) is 13.2. The zero-order valence-electron chi connectivity index (χ0n) is 23.2. The number of aliphatic hydroxyl groups is 1. The average Bonchev–Trinajstić information content (AvgIpc) is 3.06. The number of esters is 1.